The zero-order valence-electron chi connectivity index (χ0n) is 10.9. The molecule has 1 aromatic heterocycles. The standard InChI is InChI=1S/C12H18BrN3O2/c1-7-12(13)10(16(3)15-7)4-11(17)8-5-18-6-9(8)14-2/h8-9,14H,4-6H2,1-3H3. The van der Waals surface area contributed by atoms with Crippen molar-refractivity contribution in [3.05, 3.63) is 15.9 Å². The summed E-state index contributed by atoms with van der Waals surface area (Å²) in [6.45, 7) is 3.05. The van der Waals surface area contributed by atoms with E-state index in [2.05, 4.69) is 26.3 Å². The Morgan fingerprint density at radius 2 is 2.33 bits per heavy atom. The quantitative estimate of drug-likeness (QED) is 0.894. The van der Waals surface area contributed by atoms with Crippen LogP contribution in [0.2, 0.25) is 0 Å². The molecule has 0 radical (unpaired) electrons. The molecule has 2 unspecified atom stereocenters. The van der Waals surface area contributed by atoms with Gasteiger partial charge >= 0.3 is 0 Å². The van der Waals surface area contributed by atoms with Gasteiger partial charge in [0, 0.05) is 19.5 Å². The molecule has 1 aromatic rings. The molecule has 5 nitrogen and oxygen atoms in total. The number of hydrogen-bond acceptors (Lipinski definition) is 4. The van der Waals surface area contributed by atoms with Crippen molar-refractivity contribution in [1.29, 1.82) is 0 Å². The number of nitrogens with zero attached hydrogens (tertiary/aromatic N) is 2. The maximum atomic E-state index is 12.3. The molecule has 1 saturated heterocycles. The number of halogens is 1. The molecule has 0 bridgehead atoms. The van der Waals surface area contributed by atoms with Crippen LogP contribution in [0.4, 0.5) is 0 Å². The van der Waals surface area contributed by atoms with E-state index in [1.807, 2.05) is 21.0 Å². The Bertz CT molecular complexity index is 458. The van der Waals surface area contributed by atoms with Crippen LogP contribution < -0.4 is 5.32 Å². The molecule has 1 fully saturated rings. The monoisotopic (exact) mass is 315 g/mol. The second-order valence-corrected chi connectivity index (χ2v) is 5.44. The van der Waals surface area contributed by atoms with Crippen molar-refractivity contribution in [3.8, 4) is 0 Å². The number of ketones is 1. The van der Waals surface area contributed by atoms with Gasteiger partial charge < -0.3 is 10.1 Å². The van der Waals surface area contributed by atoms with Gasteiger partial charge in [0.2, 0.25) is 0 Å². The molecule has 2 atom stereocenters. The number of Topliss-reactive ketones (excluding diaryl/α,β-unsaturated/α-hetero) is 1. The maximum absolute atomic E-state index is 12.3. The highest BCUT2D eigenvalue weighted by Crippen LogP contribution is 2.23. The van der Waals surface area contributed by atoms with Crippen molar-refractivity contribution in [2.75, 3.05) is 20.3 Å². The number of carbonyl (C=O) groups is 1. The van der Waals surface area contributed by atoms with E-state index in [4.69, 9.17) is 4.74 Å². The third-order valence-corrected chi connectivity index (χ3v) is 4.50. The van der Waals surface area contributed by atoms with Crippen LogP contribution in [-0.4, -0.2) is 41.9 Å². The zero-order chi connectivity index (χ0) is 13.3. The van der Waals surface area contributed by atoms with Crippen molar-refractivity contribution >= 4 is 21.7 Å². The Labute approximate surface area is 115 Å². The minimum Gasteiger partial charge on any atom is -0.379 e. The second kappa shape index (κ2) is 5.50. The molecule has 1 aliphatic heterocycles. The number of carbonyl (C=O) groups excluding carboxylic acids is 1. The number of aryl methyl sites for hydroxylation is 2. The molecule has 18 heavy (non-hydrogen) atoms. The summed E-state index contributed by atoms with van der Waals surface area (Å²) in [5, 5.41) is 7.44. The molecular weight excluding hydrogens is 298 g/mol. The van der Waals surface area contributed by atoms with E-state index in [9.17, 15) is 4.79 Å². The van der Waals surface area contributed by atoms with E-state index in [0.717, 1.165) is 15.9 Å². The molecule has 2 rings (SSSR count). The van der Waals surface area contributed by atoms with Crippen LogP contribution in [0.3, 0.4) is 0 Å². The van der Waals surface area contributed by atoms with Crippen molar-refractivity contribution < 1.29 is 9.53 Å². The van der Waals surface area contributed by atoms with Gasteiger partial charge in [-0.25, -0.2) is 0 Å². The Balaban J connectivity index is 2.11. The van der Waals surface area contributed by atoms with Crippen molar-refractivity contribution in [2.24, 2.45) is 13.0 Å². The summed E-state index contributed by atoms with van der Waals surface area (Å²) in [5.41, 5.74) is 1.84. The van der Waals surface area contributed by atoms with E-state index in [0.29, 0.717) is 19.6 Å². The van der Waals surface area contributed by atoms with Crippen LogP contribution >= 0.6 is 15.9 Å². The minimum atomic E-state index is -0.0582. The van der Waals surface area contributed by atoms with Gasteiger partial charge in [-0.2, -0.15) is 5.10 Å². The number of hydrogen-bond donors (Lipinski definition) is 1. The van der Waals surface area contributed by atoms with E-state index < -0.39 is 0 Å². The summed E-state index contributed by atoms with van der Waals surface area (Å²) in [6.07, 6.45) is 0.393. The van der Waals surface area contributed by atoms with Crippen LogP contribution in [0.25, 0.3) is 0 Å². The van der Waals surface area contributed by atoms with Gasteiger partial charge in [-0.3, -0.25) is 9.48 Å². The summed E-state index contributed by atoms with van der Waals surface area (Å²) in [7, 11) is 3.73. The average molecular weight is 316 g/mol. The van der Waals surface area contributed by atoms with Crippen molar-refractivity contribution in [1.82, 2.24) is 15.1 Å². The third kappa shape index (κ3) is 2.50. The molecule has 1 N–H and O–H groups in total. The lowest BCUT2D eigenvalue weighted by atomic mass is 9.95. The van der Waals surface area contributed by atoms with Gasteiger partial charge in [0.25, 0.3) is 0 Å². The smallest absolute Gasteiger partial charge is 0.145 e. The van der Waals surface area contributed by atoms with Gasteiger partial charge in [0.1, 0.15) is 5.78 Å². The van der Waals surface area contributed by atoms with Crippen LogP contribution in [0, 0.1) is 12.8 Å². The van der Waals surface area contributed by atoms with Gasteiger partial charge in [0.15, 0.2) is 0 Å². The first-order valence-electron chi connectivity index (χ1n) is 6.00. The lowest BCUT2D eigenvalue weighted by Gasteiger charge is -2.15. The number of likely N-dealkylation sites (N-methyl/N-ethyl adjacent to an activating group) is 1. The lowest BCUT2D eigenvalue weighted by molar-refractivity contribution is -0.122. The Kier molecular flexibility index (Phi) is 4.19. The first-order valence-corrected chi connectivity index (χ1v) is 6.79. The summed E-state index contributed by atoms with van der Waals surface area (Å²) < 4.78 is 8.06. The largest absolute Gasteiger partial charge is 0.379 e. The van der Waals surface area contributed by atoms with E-state index in [1.54, 1.807) is 4.68 Å². The minimum absolute atomic E-state index is 0.0582. The molecule has 100 valence electrons. The topological polar surface area (TPSA) is 56.1 Å². The van der Waals surface area contributed by atoms with Gasteiger partial charge in [-0.1, -0.05) is 0 Å². The molecular formula is C12H18BrN3O2. The third-order valence-electron chi connectivity index (χ3n) is 3.47. The maximum Gasteiger partial charge on any atom is 0.145 e. The molecule has 0 spiro atoms. The Morgan fingerprint density at radius 3 is 2.89 bits per heavy atom. The van der Waals surface area contributed by atoms with Crippen LogP contribution in [0.1, 0.15) is 11.4 Å². The molecule has 1 aliphatic rings. The molecule has 0 saturated carbocycles. The van der Waals surface area contributed by atoms with E-state index in [-0.39, 0.29) is 17.7 Å². The summed E-state index contributed by atoms with van der Waals surface area (Å²) in [4.78, 5) is 12.3. The molecule has 0 aliphatic carbocycles. The van der Waals surface area contributed by atoms with Gasteiger partial charge in [-0.05, 0) is 29.9 Å². The fourth-order valence-electron chi connectivity index (χ4n) is 2.32. The van der Waals surface area contributed by atoms with Gasteiger partial charge in [-0.15, -0.1) is 0 Å². The fourth-order valence-corrected chi connectivity index (χ4v) is 2.80. The van der Waals surface area contributed by atoms with E-state index in [1.165, 1.54) is 0 Å². The highest BCUT2D eigenvalue weighted by atomic mass is 79.9. The summed E-state index contributed by atoms with van der Waals surface area (Å²) in [5.74, 6) is 0.146. The number of ether oxygens (including phenoxy) is 1. The van der Waals surface area contributed by atoms with Crippen molar-refractivity contribution in [2.45, 2.75) is 19.4 Å². The summed E-state index contributed by atoms with van der Waals surface area (Å²) in [6, 6.07) is 0.130. The van der Waals surface area contributed by atoms with Crippen LogP contribution in [0.5, 0.6) is 0 Å². The van der Waals surface area contributed by atoms with Gasteiger partial charge in [0.05, 0.1) is 35.0 Å². The first-order chi connectivity index (χ1) is 8.54. The number of aromatic nitrogens is 2. The highest BCUT2D eigenvalue weighted by Gasteiger charge is 2.33. The van der Waals surface area contributed by atoms with Crippen LogP contribution in [-0.2, 0) is 23.0 Å². The summed E-state index contributed by atoms with van der Waals surface area (Å²) >= 11 is 3.49. The predicted octanol–water partition coefficient (Wildman–Crippen LogP) is 0.837. The zero-order valence-corrected chi connectivity index (χ0v) is 12.5. The van der Waals surface area contributed by atoms with Crippen molar-refractivity contribution in [3.63, 3.8) is 0 Å². The normalized spacial score (nSPS) is 23.6. The predicted molar refractivity (Wildman–Crippen MR) is 71.5 cm³/mol. The number of rotatable bonds is 4. The Morgan fingerprint density at radius 1 is 1.61 bits per heavy atom. The van der Waals surface area contributed by atoms with E-state index >= 15 is 0 Å². The molecule has 2 heterocycles. The fraction of sp³-hybridized carbons (Fsp3) is 0.667. The highest BCUT2D eigenvalue weighted by molar-refractivity contribution is 9.10. The Hall–Kier alpha value is -0.720. The SMILES string of the molecule is CNC1COCC1C(=O)Cc1c(Br)c(C)nn1C. The first kappa shape index (κ1) is 13.7. The molecule has 6 heteroatoms. The number of nitrogens with one attached hydrogen (secondary N) is 1. The second-order valence-electron chi connectivity index (χ2n) is 4.65. The average Bonchev–Trinajstić information content (AvgIpc) is 2.90. The molecule has 0 aromatic carbocycles. The van der Waals surface area contributed by atoms with Crippen LogP contribution in [0.15, 0.2) is 4.47 Å². The lowest BCUT2D eigenvalue weighted by Crippen LogP contribution is -2.37. The molecule has 0 amide bonds.